The van der Waals surface area contributed by atoms with Crippen molar-refractivity contribution in [3.8, 4) is 5.69 Å². The van der Waals surface area contributed by atoms with Gasteiger partial charge in [0, 0.05) is 13.1 Å². The average molecular weight is 343 g/mol. The van der Waals surface area contributed by atoms with Crippen LogP contribution >= 0.6 is 0 Å². The number of rotatable bonds is 7. The van der Waals surface area contributed by atoms with Gasteiger partial charge in [0.1, 0.15) is 11.4 Å². The first-order chi connectivity index (χ1) is 11.9. The molecule has 0 aliphatic carbocycles. The van der Waals surface area contributed by atoms with Gasteiger partial charge in [0.2, 0.25) is 5.91 Å². The highest BCUT2D eigenvalue weighted by molar-refractivity contribution is 6.00. The zero-order valence-corrected chi connectivity index (χ0v) is 14.9. The van der Waals surface area contributed by atoms with E-state index < -0.39 is 5.91 Å². The number of nitrogens with two attached hydrogens (primary N) is 1. The number of para-hydroxylation sites is 1. The van der Waals surface area contributed by atoms with Gasteiger partial charge in [-0.05, 0) is 25.0 Å². The summed E-state index contributed by atoms with van der Waals surface area (Å²) < 4.78 is 1.49. The van der Waals surface area contributed by atoms with E-state index in [-0.39, 0.29) is 23.8 Å². The molecule has 2 rings (SSSR count). The Morgan fingerprint density at radius 3 is 2.56 bits per heavy atom. The molecule has 1 aromatic carbocycles. The molecule has 134 valence electrons. The Bertz CT molecular complexity index is 724. The Balaban J connectivity index is 2.02. The quantitative estimate of drug-likeness (QED) is 0.800. The summed E-state index contributed by atoms with van der Waals surface area (Å²) in [6.07, 6.45) is 1.41. The summed E-state index contributed by atoms with van der Waals surface area (Å²) in [6, 6.07) is 9.31. The maximum atomic E-state index is 12.3. The minimum atomic E-state index is -0.409. The summed E-state index contributed by atoms with van der Waals surface area (Å²) in [5.74, 6) is 0.0947. The van der Waals surface area contributed by atoms with Gasteiger partial charge in [-0.1, -0.05) is 32.0 Å². The standard InChI is InChI=1S/C18H25N5O2/c1-4-22(12-13(2)3)16(24)11-20-18(25)15-10-21-23(17(15)19)14-8-6-5-7-9-14/h5-10,13H,4,11-12,19H2,1-3H3,(H,20,25). The second-order valence-corrected chi connectivity index (χ2v) is 6.20. The van der Waals surface area contributed by atoms with E-state index >= 15 is 0 Å². The number of carbonyl (C=O) groups excluding carboxylic acids is 2. The van der Waals surface area contributed by atoms with Crippen molar-refractivity contribution in [3.63, 3.8) is 0 Å². The van der Waals surface area contributed by atoms with Gasteiger partial charge in [0.25, 0.3) is 5.91 Å². The zero-order chi connectivity index (χ0) is 18.4. The molecule has 0 fully saturated rings. The van der Waals surface area contributed by atoms with E-state index in [4.69, 9.17) is 5.73 Å². The van der Waals surface area contributed by atoms with Crippen LogP contribution in [-0.4, -0.2) is 46.1 Å². The molecule has 1 aromatic heterocycles. The Hall–Kier alpha value is -2.83. The number of likely N-dealkylation sites (N-methyl/N-ethyl adjacent to an activating group) is 1. The lowest BCUT2D eigenvalue weighted by Gasteiger charge is -2.23. The molecule has 0 bridgehead atoms. The molecule has 0 atom stereocenters. The van der Waals surface area contributed by atoms with Crippen molar-refractivity contribution in [1.29, 1.82) is 0 Å². The van der Waals surface area contributed by atoms with Crippen LogP contribution in [0, 0.1) is 5.92 Å². The van der Waals surface area contributed by atoms with Gasteiger partial charge >= 0.3 is 0 Å². The van der Waals surface area contributed by atoms with Crippen LogP contribution in [0.3, 0.4) is 0 Å². The molecule has 3 N–H and O–H groups in total. The highest BCUT2D eigenvalue weighted by Gasteiger charge is 2.18. The van der Waals surface area contributed by atoms with Crippen LogP contribution in [0.4, 0.5) is 5.82 Å². The number of anilines is 1. The van der Waals surface area contributed by atoms with Crippen LogP contribution < -0.4 is 11.1 Å². The normalized spacial score (nSPS) is 10.7. The second kappa shape index (κ2) is 8.32. The maximum Gasteiger partial charge on any atom is 0.257 e. The molecule has 0 saturated carbocycles. The van der Waals surface area contributed by atoms with Crippen molar-refractivity contribution in [2.75, 3.05) is 25.4 Å². The van der Waals surface area contributed by atoms with E-state index in [0.717, 1.165) is 5.69 Å². The first-order valence-electron chi connectivity index (χ1n) is 8.38. The molecule has 2 aromatic rings. The molecule has 0 unspecified atom stereocenters. The summed E-state index contributed by atoms with van der Waals surface area (Å²) in [6.45, 7) is 7.24. The fourth-order valence-corrected chi connectivity index (χ4v) is 2.52. The van der Waals surface area contributed by atoms with Gasteiger partial charge in [-0.2, -0.15) is 5.10 Å². The number of aromatic nitrogens is 2. The number of carbonyl (C=O) groups is 2. The average Bonchev–Trinajstić information content (AvgIpc) is 2.99. The molecule has 0 aliphatic rings. The minimum Gasteiger partial charge on any atom is -0.383 e. The third-order valence-electron chi connectivity index (χ3n) is 3.77. The predicted molar refractivity (Wildman–Crippen MR) is 97.4 cm³/mol. The van der Waals surface area contributed by atoms with Crippen LogP contribution in [0.2, 0.25) is 0 Å². The third-order valence-corrected chi connectivity index (χ3v) is 3.77. The van der Waals surface area contributed by atoms with Crippen molar-refractivity contribution < 1.29 is 9.59 Å². The summed E-state index contributed by atoms with van der Waals surface area (Å²) in [5.41, 5.74) is 7.06. The third kappa shape index (κ3) is 4.59. The molecule has 0 aliphatic heterocycles. The Morgan fingerprint density at radius 1 is 1.28 bits per heavy atom. The lowest BCUT2D eigenvalue weighted by atomic mass is 10.2. The molecule has 0 spiro atoms. The first-order valence-corrected chi connectivity index (χ1v) is 8.38. The van der Waals surface area contributed by atoms with E-state index in [1.807, 2.05) is 51.1 Å². The van der Waals surface area contributed by atoms with Crippen molar-refractivity contribution in [2.45, 2.75) is 20.8 Å². The molecule has 0 radical (unpaired) electrons. The van der Waals surface area contributed by atoms with Gasteiger partial charge in [0.05, 0.1) is 18.4 Å². The lowest BCUT2D eigenvalue weighted by Crippen LogP contribution is -2.41. The molecular weight excluding hydrogens is 318 g/mol. The van der Waals surface area contributed by atoms with E-state index in [1.54, 1.807) is 4.90 Å². The van der Waals surface area contributed by atoms with Crippen LogP contribution in [0.1, 0.15) is 31.1 Å². The van der Waals surface area contributed by atoms with Gasteiger partial charge in [0.15, 0.2) is 0 Å². The molecular formula is C18H25N5O2. The number of nitrogen functional groups attached to an aromatic ring is 1. The summed E-state index contributed by atoms with van der Waals surface area (Å²) in [4.78, 5) is 26.3. The molecule has 1 heterocycles. The molecule has 7 heteroatoms. The highest BCUT2D eigenvalue weighted by atomic mass is 16.2. The number of nitrogens with zero attached hydrogens (tertiary/aromatic N) is 3. The summed E-state index contributed by atoms with van der Waals surface area (Å²) in [7, 11) is 0. The van der Waals surface area contributed by atoms with Gasteiger partial charge < -0.3 is 16.0 Å². The monoisotopic (exact) mass is 343 g/mol. The van der Waals surface area contributed by atoms with Crippen molar-refractivity contribution in [2.24, 2.45) is 5.92 Å². The first kappa shape index (κ1) is 18.5. The maximum absolute atomic E-state index is 12.3. The highest BCUT2D eigenvalue weighted by Crippen LogP contribution is 2.16. The van der Waals surface area contributed by atoms with Gasteiger partial charge in [-0.25, -0.2) is 4.68 Å². The molecule has 0 saturated heterocycles. The van der Waals surface area contributed by atoms with E-state index in [9.17, 15) is 9.59 Å². The van der Waals surface area contributed by atoms with E-state index in [0.29, 0.717) is 19.0 Å². The van der Waals surface area contributed by atoms with Gasteiger partial charge in [-0.3, -0.25) is 9.59 Å². The molecule has 25 heavy (non-hydrogen) atoms. The van der Waals surface area contributed by atoms with Crippen LogP contribution in [0.5, 0.6) is 0 Å². The largest absolute Gasteiger partial charge is 0.383 e. The Morgan fingerprint density at radius 2 is 1.96 bits per heavy atom. The number of nitrogens with one attached hydrogen (secondary N) is 1. The fraction of sp³-hybridized carbons (Fsp3) is 0.389. The Labute approximate surface area is 147 Å². The smallest absolute Gasteiger partial charge is 0.257 e. The van der Waals surface area contributed by atoms with E-state index in [2.05, 4.69) is 10.4 Å². The van der Waals surface area contributed by atoms with E-state index in [1.165, 1.54) is 10.9 Å². The number of benzene rings is 1. The van der Waals surface area contributed by atoms with Crippen LogP contribution in [-0.2, 0) is 4.79 Å². The summed E-state index contributed by atoms with van der Waals surface area (Å²) >= 11 is 0. The second-order valence-electron chi connectivity index (χ2n) is 6.20. The molecule has 2 amide bonds. The topological polar surface area (TPSA) is 93.2 Å². The van der Waals surface area contributed by atoms with Crippen LogP contribution in [0.15, 0.2) is 36.5 Å². The predicted octanol–water partition coefficient (Wildman–Crippen LogP) is 1.69. The lowest BCUT2D eigenvalue weighted by molar-refractivity contribution is -0.130. The summed E-state index contributed by atoms with van der Waals surface area (Å²) in [5, 5.41) is 6.79. The van der Waals surface area contributed by atoms with Crippen molar-refractivity contribution >= 4 is 17.6 Å². The fourth-order valence-electron chi connectivity index (χ4n) is 2.52. The number of amides is 2. The zero-order valence-electron chi connectivity index (χ0n) is 14.9. The number of hydrogen-bond acceptors (Lipinski definition) is 4. The van der Waals surface area contributed by atoms with Crippen LogP contribution in [0.25, 0.3) is 5.69 Å². The minimum absolute atomic E-state index is 0.0602. The van der Waals surface area contributed by atoms with Gasteiger partial charge in [-0.15, -0.1) is 0 Å². The Kier molecular flexibility index (Phi) is 6.16. The van der Waals surface area contributed by atoms with Crippen molar-refractivity contribution in [1.82, 2.24) is 20.0 Å². The van der Waals surface area contributed by atoms with Crippen molar-refractivity contribution in [3.05, 3.63) is 42.1 Å². The molecule has 7 nitrogen and oxygen atoms in total. The number of hydrogen-bond donors (Lipinski definition) is 2. The SMILES string of the molecule is CCN(CC(C)C)C(=O)CNC(=O)c1cnn(-c2ccccc2)c1N.